The maximum absolute atomic E-state index is 12.4. The van der Waals surface area contributed by atoms with E-state index in [0.29, 0.717) is 31.3 Å². The Kier molecular flexibility index (Phi) is 9.70. The number of rotatable bonds is 8. The lowest BCUT2D eigenvalue weighted by Gasteiger charge is -2.08. The zero-order chi connectivity index (χ0) is 18.1. The van der Waals surface area contributed by atoms with Crippen LogP contribution in [0.4, 0.5) is 19.0 Å². The van der Waals surface area contributed by atoms with Crippen molar-refractivity contribution in [3.8, 4) is 0 Å². The van der Waals surface area contributed by atoms with Crippen molar-refractivity contribution in [3.05, 3.63) is 46.3 Å². The molecule has 10 heteroatoms. The fourth-order valence-corrected chi connectivity index (χ4v) is 2.69. The summed E-state index contributed by atoms with van der Waals surface area (Å²) in [5.41, 5.74) is 5.01. The van der Waals surface area contributed by atoms with Crippen LogP contribution in [0.3, 0.4) is 0 Å². The van der Waals surface area contributed by atoms with E-state index in [4.69, 9.17) is 5.73 Å². The smallest absolute Gasteiger partial charge is 0.370 e. The topological polar surface area (TPSA) is 75.3 Å². The van der Waals surface area contributed by atoms with Gasteiger partial charge in [-0.1, -0.05) is 6.07 Å². The normalized spacial score (nSPS) is 11.7. The van der Waals surface area contributed by atoms with Gasteiger partial charge in [0.1, 0.15) is 5.82 Å². The highest BCUT2D eigenvalue weighted by Gasteiger charge is 2.30. The van der Waals surface area contributed by atoms with Gasteiger partial charge in [0.2, 0.25) is 0 Å². The van der Waals surface area contributed by atoms with E-state index in [1.807, 2.05) is 11.4 Å². The molecule has 26 heavy (non-hydrogen) atoms. The van der Waals surface area contributed by atoms with Gasteiger partial charge in [0.15, 0.2) is 5.96 Å². The number of hydrogen-bond acceptors (Lipinski definition) is 4. The first-order valence-corrected chi connectivity index (χ1v) is 8.66. The number of anilines is 1. The quantitative estimate of drug-likeness (QED) is 0.224. The third-order valence-electron chi connectivity index (χ3n) is 3.27. The number of thiophene rings is 1. The molecule has 0 fully saturated rings. The van der Waals surface area contributed by atoms with Crippen LogP contribution in [0, 0.1) is 0 Å². The predicted octanol–water partition coefficient (Wildman–Crippen LogP) is 3.73. The fourth-order valence-electron chi connectivity index (χ4n) is 1.99. The van der Waals surface area contributed by atoms with E-state index in [9.17, 15) is 13.2 Å². The molecule has 144 valence electrons. The van der Waals surface area contributed by atoms with Crippen molar-refractivity contribution in [2.24, 2.45) is 10.7 Å². The van der Waals surface area contributed by atoms with Crippen molar-refractivity contribution in [2.45, 2.75) is 19.0 Å². The van der Waals surface area contributed by atoms with Crippen LogP contribution in [0.15, 0.2) is 40.8 Å². The summed E-state index contributed by atoms with van der Waals surface area (Å²) in [6, 6.07) is 6.40. The highest BCUT2D eigenvalue weighted by atomic mass is 127. The highest BCUT2D eigenvalue weighted by Crippen LogP contribution is 2.28. The van der Waals surface area contributed by atoms with Gasteiger partial charge in [0, 0.05) is 30.7 Å². The van der Waals surface area contributed by atoms with Gasteiger partial charge in [-0.05, 0) is 36.4 Å². The predicted molar refractivity (Wildman–Crippen MR) is 110 cm³/mol. The van der Waals surface area contributed by atoms with Gasteiger partial charge in [0.05, 0.1) is 5.56 Å². The van der Waals surface area contributed by atoms with E-state index in [0.717, 1.165) is 25.2 Å². The summed E-state index contributed by atoms with van der Waals surface area (Å²) in [6.07, 6.45) is -1.96. The molecule has 0 saturated heterocycles. The molecule has 0 unspecified atom stereocenters. The maximum Gasteiger partial charge on any atom is 0.417 e. The molecular formula is C16H21F3IN5S. The summed E-state index contributed by atoms with van der Waals surface area (Å²) in [4.78, 5) is 9.22. The summed E-state index contributed by atoms with van der Waals surface area (Å²) < 4.78 is 37.3. The third kappa shape index (κ3) is 8.21. The van der Waals surface area contributed by atoms with Crippen LogP contribution >= 0.6 is 35.3 Å². The lowest BCUT2D eigenvalue weighted by molar-refractivity contribution is -0.137. The molecule has 0 aromatic carbocycles. The van der Waals surface area contributed by atoms with Crippen LogP contribution in [0.1, 0.15) is 16.9 Å². The number of hydrogen-bond donors (Lipinski definition) is 3. The summed E-state index contributed by atoms with van der Waals surface area (Å²) in [5.74, 6) is 0.795. The van der Waals surface area contributed by atoms with E-state index in [-0.39, 0.29) is 24.0 Å². The van der Waals surface area contributed by atoms with Gasteiger partial charge >= 0.3 is 6.18 Å². The monoisotopic (exact) mass is 499 g/mol. The minimum atomic E-state index is -4.37. The van der Waals surface area contributed by atoms with Gasteiger partial charge in [-0.2, -0.15) is 13.2 Å². The average molecular weight is 499 g/mol. The molecule has 0 bridgehead atoms. The number of nitrogens with two attached hydrogens (primary N) is 1. The number of alkyl halides is 3. The molecule has 2 heterocycles. The van der Waals surface area contributed by atoms with Crippen molar-refractivity contribution in [2.75, 3.05) is 25.0 Å². The Hall–Kier alpha value is -1.56. The first-order chi connectivity index (χ1) is 11.9. The maximum atomic E-state index is 12.4. The van der Waals surface area contributed by atoms with Crippen molar-refractivity contribution >= 4 is 47.1 Å². The molecule has 5 nitrogen and oxygen atoms in total. The molecule has 0 radical (unpaired) electrons. The lowest BCUT2D eigenvalue weighted by atomic mass is 10.3. The molecule has 2 aromatic heterocycles. The largest absolute Gasteiger partial charge is 0.417 e. The molecule has 0 aliphatic heterocycles. The molecule has 0 aliphatic rings. The second-order valence-electron chi connectivity index (χ2n) is 5.23. The van der Waals surface area contributed by atoms with Gasteiger partial charge in [-0.15, -0.1) is 35.3 Å². The van der Waals surface area contributed by atoms with Crippen molar-refractivity contribution < 1.29 is 13.2 Å². The Morgan fingerprint density at radius 2 is 2.04 bits per heavy atom. The Bertz CT molecular complexity index is 660. The molecule has 4 N–H and O–H groups in total. The number of nitrogens with zero attached hydrogens (tertiary/aromatic N) is 2. The average Bonchev–Trinajstić information content (AvgIpc) is 3.07. The van der Waals surface area contributed by atoms with Crippen LogP contribution in [0.25, 0.3) is 0 Å². The van der Waals surface area contributed by atoms with E-state index in [1.54, 1.807) is 11.3 Å². The van der Waals surface area contributed by atoms with E-state index in [2.05, 4.69) is 26.7 Å². The summed E-state index contributed by atoms with van der Waals surface area (Å²) in [5, 5.41) is 8.03. The van der Waals surface area contributed by atoms with Crippen molar-refractivity contribution in [3.63, 3.8) is 0 Å². The van der Waals surface area contributed by atoms with Crippen molar-refractivity contribution in [1.82, 2.24) is 10.3 Å². The van der Waals surface area contributed by atoms with Crippen LogP contribution in [-0.4, -0.2) is 30.6 Å². The number of nitrogens with one attached hydrogen (secondary N) is 2. The number of aromatic nitrogens is 1. The minimum absolute atomic E-state index is 0. The van der Waals surface area contributed by atoms with Crippen molar-refractivity contribution in [1.29, 1.82) is 0 Å². The Labute approximate surface area is 171 Å². The Morgan fingerprint density at radius 1 is 1.23 bits per heavy atom. The SMILES string of the molecule is I.NC(=NCCCNc1ccc(C(F)(F)F)cn1)NCCc1cccs1. The Morgan fingerprint density at radius 3 is 2.65 bits per heavy atom. The Balaban J connectivity index is 0.00000338. The van der Waals surface area contributed by atoms with Crippen LogP contribution in [0.2, 0.25) is 0 Å². The van der Waals surface area contributed by atoms with Gasteiger partial charge < -0.3 is 16.4 Å². The molecule has 0 spiro atoms. The standard InChI is InChI=1S/C16H20F3N5S.HI/c17-16(18,19)12-4-5-14(24-11-12)21-7-2-8-22-15(20)23-9-6-13-3-1-10-25-13;/h1,3-5,10-11H,2,6-9H2,(H,21,24)(H3,20,22,23);1H. The molecule has 0 amide bonds. The van der Waals surface area contributed by atoms with E-state index < -0.39 is 11.7 Å². The van der Waals surface area contributed by atoms with Crippen LogP contribution in [-0.2, 0) is 12.6 Å². The summed E-state index contributed by atoms with van der Waals surface area (Å²) >= 11 is 1.70. The van der Waals surface area contributed by atoms with Gasteiger partial charge in [0.25, 0.3) is 0 Å². The second-order valence-corrected chi connectivity index (χ2v) is 6.27. The zero-order valence-corrected chi connectivity index (χ0v) is 17.1. The first kappa shape index (κ1) is 22.5. The minimum Gasteiger partial charge on any atom is -0.370 e. The molecule has 2 rings (SSSR count). The van der Waals surface area contributed by atoms with Crippen LogP contribution < -0.4 is 16.4 Å². The number of halogens is 4. The summed E-state index contributed by atoms with van der Waals surface area (Å²) in [6.45, 7) is 1.79. The van der Waals surface area contributed by atoms with Gasteiger partial charge in [-0.25, -0.2) is 4.98 Å². The fraction of sp³-hybridized carbons (Fsp3) is 0.375. The molecule has 0 saturated carbocycles. The van der Waals surface area contributed by atoms with Crippen LogP contribution in [0.5, 0.6) is 0 Å². The zero-order valence-electron chi connectivity index (χ0n) is 13.9. The number of aliphatic imine (C=N–C) groups is 1. The first-order valence-electron chi connectivity index (χ1n) is 7.78. The van der Waals surface area contributed by atoms with E-state index in [1.165, 1.54) is 10.9 Å². The lowest BCUT2D eigenvalue weighted by Crippen LogP contribution is -2.33. The highest BCUT2D eigenvalue weighted by molar-refractivity contribution is 14.0. The molecule has 2 aromatic rings. The van der Waals surface area contributed by atoms with E-state index >= 15 is 0 Å². The third-order valence-corrected chi connectivity index (χ3v) is 4.21. The number of pyridine rings is 1. The second kappa shape index (κ2) is 11.2. The number of guanidine groups is 1. The summed E-state index contributed by atoms with van der Waals surface area (Å²) in [7, 11) is 0. The molecule has 0 atom stereocenters. The van der Waals surface area contributed by atoms with Gasteiger partial charge in [-0.3, -0.25) is 4.99 Å². The molecule has 0 aliphatic carbocycles. The molecular weight excluding hydrogens is 478 g/mol.